The third kappa shape index (κ3) is 8.90. The molecule has 0 radical (unpaired) electrons. The van der Waals surface area contributed by atoms with Crippen molar-refractivity contribution < 1.29 is 9.53 Å². The lowest BCUT2D eigenvalue weighted by Crippen LogP contribution is -2.15. The fourth-order valence-corrected chi connectivity index (χ4v) is 4.16. The van der Waals surface area contributed by atoms with Gasteiger partial charge >= 0.3 is 5.97 Å². The molecule has 0 atom stereocenters. The third-order valence-corrected chi connectivity index (χ3v) is 6.00. The summed E-state index contributed by atoms with van der Waals surface area (Å²) in [6.45, 7) is 4.42. The van der Waals surface area contributed by atoms with E-state index < -0.39 is 0 Å². The van der Waals surface area contributed by atoms with E-state index in [0.717, 1.165) is 43.2 Å². The van der Waals surface area contributed by atoms with Gasteiger partial charge in [-0.15, -0.1) is 0 Å². The van der Waals surface area contributed by atoms with E-state index in [1.165, 1.54) is 57.8 Å². The van der Waals surface area contributed by atoms with Crippen LogP contribution in [0, 0.1) is 11.8 Å². The predicted molar refractivity (Wildman–Crippen MR) is 112 cm³/mol. The van der Waals surface area contributed by atoms with E-state index in [9.17, 15) is 4.79 Å². The minimum absolute atomic E-state index is 0.145. The van der Waals surface area contributed by atoms with Crippen molar-refractivity contribution in [3.8, 4) is 5.75 Å². The molecule has 1 fully saturated rings. The van der Waals surface area contributed by atoms with Gasteiger partial charge in [0.05, 0.1) is 6.20 Å². The molecule has 1 aliphatic rings. The van der Waals surface area contributed by atoms with E-state index in [0.29, 0.717) is 12.2 Å². The number of carbonyl (C=O) groups excluding carboxylic acids is 1. The number of esters is 1. The summed E-state index contributed by atoms with van der Waals surface area (Å²) in [7, 11) is 0. The monoisotopic (exact) mass is 373 g/mol. The summed E-state index contributed by atoms with van der Waals surface area (Å²) in [5.41, 5.74) is 1.12. The largest absolute Gasteiger partial charge is 0.425 e. The van der Waals surface area contributed by atoms with E-state index in [1.54, 1.807) is 6.20 Å². The number of unbranched alkanes of at least 4 members (excludes halogenated alkanes) is 4. The summed E-state index contributed by atoms with van der Waals surface area (Å²) in [5.74, 6) is 2.28. The number of aromatic nitrogens is 1. The van der Waals surface area contributed by atoms with E-state index >= 15 is 0 Å². The maximum absolute atomic E-state index is 11.8. The van der Waals surface area contributed by atoms with Gasteiger partial charge in [0.25, 0.3) is 0 Å². The van der Waals surface area contributed by atoms with Crippen molar-refractivity contribution in [3.05, 3.63) is 24.0 Å². The Morgan fingerprint density at radius 2 is 1.63 bits per heavy atom. The molecule has 0 aliphatic heterocycles. The van der Waals surface area contributed by atoms with E-state index in [4.69, 9.17) is 4.74 Å². The number of nitrogens with zero attached hydrogens (tertiary/aromatic N) is 1. The molecule has 3 nitrogen and oxygen atoms in total. The molecular weight excluding hydrogens is 334 g/mol. The molecule has 0 saturated heterocycles. The quantitative estimate of drug-likeness (QED) is 0.296. The van der Waals surface area contributed by atoms with E-state index in [-0.39, 0.29) is 5.97 Å². The summed E-state index contributed by atoms with van der Waals surface area (Å²) in [6.07, 6.45) is 18.8. The van der Waals surface area contributed by atoms with Crippen LogP contribution in [0.4, 0.5) is 0 Å². The summed E-state index contributed by atoms with van der Waals surface area (Å²) < 4.78 is 5.36. The number of ether oxygens (including phenoxy) is 1. The molecule has 0 spiro atoms. The summed E-state index contributed by atoms with van der Waals surface area (Å²) in [5, 5.41) is 0. The van der Waals surface area contributed by atoms with Crippen LogP contribution >= 0.6 is 0 Å². The lowest BCUT2D eigenvalue weighted by molar-refractivity contribution is -0.134. The fraction of sp³-hybridized carbons (Fsp3) is 0.750. The molecule has 0 aromatic carbocycles. The number of rotatable bonds is 12. The van der Waals surface area contributed by atoms with E-state index in [2.05, 4.69) is 18.8 Å². The van der Waals surface area contributed by atoms with E-state index in [1.807, 2.05) is 12.1 Å². The van der Waals surface area contributed by atoms with Crippen LogP contribution in [-0.4, -0.2) is 11.0 Å². The van der Waals surface area contributed by atoms with Crippen LogP contribution in [0.5, 0.6) is 5.75 Å². The zero-order valence-electron chi connectivity index (χ0n) is 17.5. The zero-order valence-corrected chi connectivity index (χ0v) is 17.5. The number of aryl methyl sites for hydroxylation is 1. The molecule has 1 aromatic heterocycles. The second-order valence-electron chi connectivity index (χ2n) is 8.34. The van der Waals surface area contributed by atoms with Crippen molar-refractivity contribution >= 4 is 5.97 Å². The lowest BCUT2D eigenvalue weighted by atomic mass is 9.78. The van der Waals surface area contributed by atoms with Crippen LogP contribution in [0.2, 0.25) is 0 Å². The van der Waals surface area contributed by atoms with Gasteiger partial charge in [-0.05, 0) is 43.2 Å². The molecular formula is C24H39NO2. The second kappa shape index (κ2) is 12.9. The Kier molecular flexibility index (Phi) is 10.5. The molecule has 2 rings (SSSR count). The smallest absolute Gasteiger partial charge is 0.311 e. The topological polar surface area (TPSA) is 39.2 Å². The minimum atomic E-state index is -0.145. The minimum Gasteiger partial charge on any atom is -0.425 e. The Balaban J connectivity index is 1.63. The Labute approximate surface area is 166 Å². The van der Waals surface area contributed by atoms with Crippen LogP contribution in [0.3, 0.4) is 0 Å². The Hall–Kier alpha value is -1.38. The van der Waals surface area contributed by atoms with Crippen molar-refractivity contribution in [1.29, 1.82) is 0 Å². The van der Waals surface area contributed by atoms with Crippen LogP contribution in [-0.2, 0) is 11.2 Å². The molecule has 1 aliphatic carbocycles. The lowest BCUT2D eigenvalue weighted by Gasteiger charge is -2.28. The first kappa shape index (κ1) is 21.9. The maximum Gasteiger partial charge on any atom is 0.311 e. The van der Waals surface area contributed by atoms with Gasteiger partial charge in [-0.1, -0.05) is 78.1 Å². The van der Waals surface area contributed by atoms with Crippen LogP contribution < -0.4 is 4.74 Å². The third-order valence-electron chi connectivity index (χ3n) is 6.00. The first-order valence-corrected chi connectivity index (χ1v) is 11.4. The standard InChI is InChI=1S/C24H39NO2/c1-3-5-7-9-20-11-13-21(14-12-20)15-16-22-17-18-23(19-25-22)27-24(26)10-8-6-4-2/h17-21H,3-16H2,1-2H3. The zero-order chi connectivity index (χ0) is 19.3. The van der Waals surface area contributed by atoms with Crippen molar-refractivity contribution in [1.82, 2.24) is 4.98 Å². The van der Waals surface area contributed by atoms with Gasteiger partial charge in [0.15, 0.2) is 0 Å². The summed E-state index contributed by atoms with van der Waals surface area (Å²) in [6, 6.07) is 3.91. The summed E-state index contributed by atoms with van der Waals surface area (Å²) in [4.78, 5) is 16.3. The second-order valence-corrected chi connectivity index (χ2v) is 8.34. The van der Waals surface area contributed by atoms with Gasteiger partial charge < -0.3 is 4.74 Å². The Morgan fingerprint density at radius 1 is 0.963 bits per heavy atom. The van der Waals surface area contributed by atoms with Crippen LogP contribution in [0.15, 0.2) is 18.3 Å². The van der Waals surface area contributed by atoms with Crippen LogP contribution in [0.25, 0.3) is 0 Å². The van der Waals surface area contributed by atoms with Gasteiger partial charge in [-0.3, -0.25) is 9.78 Å². The molecule has 152 valence electrons. The molecule has 1 saturated carbocycles. The summed E-state index contributed by atoms with van der Waals surface area (Å²) >= 11 is 0. The van der Waals surface area contributed by atoms with Crippen molar-refractivity contribution in [2.75, 3.05) is 0 Å². The highest BCUT2D eigenvalue weighted by molar-refractivity contribution is 5.72. The normalized spacial score (nSPS) is 19.8. The van der Waals surface area contributed by atoms with Gasteiger partial charge in [0.2, 0.25) is 0 Å². The van der Waals surface area contributed by atoms with Gasteiger partial charge in [-0.25, -0.2) is 0 Å². The predicted octanol–water partition coefficient (Wildman–Crippen LogP) is 6.89. The highest BCUT2D eigenvalue weighted by atomic mass is 16.5. The molecule has 1 heterocycles. The first-order chi connectivity index (χ1) is 13.2. The number of carbonyl (C=O) groups is 1. The van der Waals surface area contributed by atoms with Gasteiger partial charge in [0.1, 0.15) is 5.75 Å². The molecule has 1 aromatic rings. The Morgan fingerprint density at radius 3 is 2.26 bits per heavy atom. The van der Waals surface area contributed by atoms with Crippen molar-refractivity contribution in [2.45, 2.75) is 104 Å². The van der Waals surface area contributed by atoms with Gasteiger partial charge in [0, 0.05) is 12.1 Å². The average molecular weight is 374 g/mol. The highest BCUT2D eigenvalue weighted by Crippen LogP contribution is 2.34. The molecule has 0 bridgehead atoms. The first-order valence-electron chi connectivity index (χ1n) is 11.4. The van der Waals surface area contributed by atoms with Crippen molar-refractivity contribution in [2.24, 2.45) is 11.8 Å². The molecule has 27 heavy (non-hydrogen) atoms. The number of hydrogen-bond acceptors (Lipinski definition) is 3. The number of hydrogen-bond donors (Lipinski definition) is 0. The molecule has 3 heteroatoms. The van der Waals surface area contributed by atoms with Crippen molar-refractivity contribution in [3.63, 3.8) is 0 Å². The molecule has 0 N–H and O–H groups in total. The van der Waals surface area contributed by atoms with Gasteiger partial charge in [-0.2, -0.15) is 0 Å². The molecule has 0 amide bonds. The maximum atomic E-state index is 11.8. The number of pyridine rings is 1. The SMILES string of the molecule is CCCCCC(=O)Oc1ccc(CCC2CCC(CCCCC)CC2)nc1. The highest BCUT2D eigenvalue weighted by Gasteiger charge is 2.20. The fourth-order valence-electron chi connectivity index (χ4n) is 4.16. The average Bonchev–Trinajstić information content (AvgIpc) is 2.69. The Bertz CT molecular complexity index is 518. The molecule has 0 unspecified atom stereocenters. The van der Waals surface area contributed by atoms with Crippen LogP contribution in [0.1, 0.15) is 103 Å².